The number of benzene rings is 1. The first-order valence-corrected chi connectivity index (χ1v) is 9.35. The number of halogens is 4. The lowest BCUT2D eigenvalue weighted by Gasteiger charge is -2.20. The zero-order valence-corrected chi connectivity index (χ0v) is 17.2. The predicted molar refractivity (Wildman–Crippen MR) is 107 cm³/mol. The standard InChI is InChI=1S/C20H18ClF3N4O3/c1-27-8-7-25-18(27)17(12-3-5-14(31-2)6-4-12)26-16(29)11-28-10-13(20(22,23)24)9-15(21)19(28)30/h3-10,17H,11H2,1-2H3,(H,26,29). The Balaban J connectivity index is 1.90. The van der Waals surface area contributed by atoms with Crippen LogP contribution in [0.4, 0.5) is 13.2 Å². The van der Waals surface area contributed by atoms with Crippen LogP contribution in [0, 0.1) is 0 Å². The van der Waals surface area contributed by atoms with Gasteiger partial charge in [-0.05, 0) is 23.8 Å². The Morgan fingerprint density at radius 2 is 1.97 bits per heavy atom. The molecule has 0 spiro atoms. The molecular weight excluding hydrogens is 437 g/mol. The van der Waals surface area contributed by atoms with E-state index in [9.17, 15) is 22.8 Å². The number of alkyl halides is 3. The van der Waals surface area contributed by atoms with Crippen LogP contribution in [0.1, 0.15) is 23.0 Å². The van der Waals surface area contributed by atoms with Gasteiger partial charge in [-0.1, -0.05) is 23.7 Å². The van der Waals surface area contributed by atoms with Gasteiger partial charge < -0.3 is 19.2 Å². The Hall–Kier alpha value is -3.27. The maximum Gasteiger partial charge on any atom is 0.417 e. The minimum atomic E-state index is -4.71. The highest BCUT2D eigenvalue weighted by molar-refractivity contribution is 6.30. The lowest BCUT2D eigenvalue weighted by Crippen LogP contribution is -2.36. The molecule has 0 aliphatic rings. The summed E-state index contributed by atoms with van der Waals surface area (Å²) >= 11 is 5.65. The molecule has 3 aromatic rings. The molecule has 0 aliphatic heterocycles. The molecule has 11 heteroatoms. The van der Waals surface area contributed by atoms with Crippen molar-refractivity contribution < 1.29 is 22.7 Å². The summed E-state index contributed by atoms with van der Waals surface area (Å²) in [5.41, 5.74) is -1.36. The quantitative estimate of drug-likeness (QED) is 0.620. The van der Waals surface area contributed by atoms with Crippen molar-refractivity contribution in [2.75, 3.05) is 7.11 Å². The number of carbonyl (C=O) groups is 1. The number of aryl methyl sites for hydroxylation is 1. The number of methoxy groups -OCH3 is 1. The maximum atomic E-state index is 13.0. The molecule has 0 fully saturated rings. The first-order valence-electron chi connectivity index (χ1n) is 8.98. The van der Waals surface area contributed by atoms with Crippen molar-refractivity contribution in [2.45, 2.75) is 18.8 Å². The Morgan fingerprint density at radius 3 is 2.52 bits per heavy atom. The number of pyridine rings is 1. The number of aromatic nitrogens is 3. The predicted octanol–water partition coefficient (Wildman–Crippen LogP) is 3.17. The van der Waals surface area contributed by atoms with Gasteiger partial charge in [0.15, 0.2) is 0 Å². The number of nitrogens with zero attached hydrogens (tertiary/aromatic N) is 3. The van der Waals surface area contributed by atoms with Crippen LogP contribution >= 0.6 is 11.6 Å². The molecule has 164 valence electrons. The number of carbonyl (C=O) groups excluding carboxylic acids is 1. The van der Waals surface area contributed by atoms with Crippen LogP contribution in [-0.4, -0.2) is 27.1 Å². The van der Waals surface area contributed by atoms with E-state index in [1.54, 1.807) is 48.3 Å². The van der Waals surface area contributed by atoms with Crippen molar-refractivity contribution in [3.63, 3.8) is 0 Å². The lowest BCUT2D eigenvalue weighted by molar-refractivity contribution is -0.138. The van der Waals surface area contributed by atoms with Gasteiger partial charge >= 0.3 is 6.18 Å². The Kier molecular flexibility index (Phi) is 6.40. The third-order valence-electron chi connectivity index (χ3n) is 4.55. The molecule has 1 N–H and O–H groups in total. The number of rotatable bonds is 6. The highest BCUT2D eigenvalue weighted by Gasteiger charge is 2.32. The SMILES string of the molecule is COc1ccc(C(NC(=O)Cn2cc(C(F)(F)F)cc(Cl)c2=O)c2nccn2C)cc1. The van der Waals surface area contributed by atoms with E-state index in [1.165, 1.54) is 7.11 Å². The summed E-state index contributed by atoms with van der Waals surface area (Å²) in [4.78, 5) is 29.1. The molecule has 2 aromatic heterocycles. The Bertz CT molecular complexity index is 1140. The van der Waals surface area contributed by atoms with Crippen LogP contribution in [0.25, 0.3) is 0 Å². The molecule has 3 rings (SSSR count). The number of amides is 1. The fourth-order valence-electron chi connectivity index (χ4n) is 2.98. The smallest absolute Gasteiger partial charge is 0.417 e. The Labute approximate surface area is 180 Å². The average Bonchev–Trinajstić information content (AvgIpc) is 3.14. The van der Waals surface area contributed by atoms with Crippen molar-refractivity contribution >= 4 is 17.5 Å². The molecule has 0 aliphatic carbocycles. The summed E-state index contributed by atoms with van der Waals surface area (Å²) in [6.45, 7) is -0.653. The van der Waals surface area contributed by atoms with Gasteiger partial charge in [0.1, 0.15) is 29.2 Å². The van der Waals surface area contributed by atoms with E-state index in [4.69, 9.17) is 16.3 Å². The monoisotopic (exact) mass is 454 g/mol. The first kappa shape index (κ1) is 22.4. The van der Waals surface area contributed by atoms with Crippen molar-refractivity contribution in [1.82, 2.24) is 19.4 Å². The molecule has 7 nitrogen and oxygen atoms in total. The molecule has 0 radical (unpaired) electrons. The van der Waals surface area contributed by atoms with Crippen LogP contribution in [0.15, 0.2) is 53.7 Å². The first-order chi connectivity index (χ1) is 14.6. The van der Waals surface area contributed by atoms with Crippen molar-refractivity contribution in [2.24, 2.45) is 7.05 Å². The molecular formula is C20H18ClF3N4O3. The van der Waals surface area contributed by atoms with Crippen molar-refractivity contribution in [3.05, 3.63) is 81.3 Å². The number of nitrogens with one attached hydrogen (secondary N) is 1. The summed E-state index contributed by atoms with van der Waals surface area (Å²) < 4.78 is 46.6. The van der Waals surface area contributed by atoms with E-state index >= 15 is 0 Å². The topological polar surface area (TPSA) is 78.2 Å². The molecule has 1 atom stereocenters. The van der Waals surface area contributed by atoms with Gasteiger partial charge in [-0.3, -0.25) is 9.59 Å². The van der Waals surface area contributed by atoms with E-state index in [-0.39, 0.29) is 0 Å². The van der Waals surface area contributed by atoms with Crippen LogP contribution in [-0.2, 0) is 24.6 Å². The van der Waals surface area contributed by atoms with Crippen LogP contribution in [0.2, 0.25) is 5.02 Å². The highest BCUT2D eigenvalue weighted by Crippen LogP contribution is 2.29. The summed E-state index contributed by atoms with van der Waals surface area (Å²) in [6.07, 6.45) is -0.907. The molecule has 1 amide bonds. The fraction of sp³-hybridized carbons (Fsp3) is 0.250. The molecule has 1 aromatic carbocycles. The highest BCUT2D eigenvalue weighted by atomic mass is 35.5. The van der Waals surface area contributed by atoms with Crippen LogP contribution in [0.3, 0.4) is 0 Å². The normalized spacial score (nSPS) is 12.5. The van der Waals surface area contributed by atoms with E-state index in [2.05, 4.69) is 10.3 Å². The van der Waals surface area contributed by atoms with Gasteiger partial charge in [0.2, 0.25) is 5.91 Å². The second-order valence-corrected chi connectivity index (χ2v) is 7.08. The second kappa shape index (κ2) is 8.84. The van der Waals surface area contributed by atoms with E-state index in [0.717, 1.165) is 0 Å². The number of imidazole rings is 1. The van der Waals surface area contributed by atoms with E-state index in [1.807, 2.05) is 0 Å². The minimum Gasteiger partial charge on any atom is -0.497 e. The van der Waals surface area contributed by atoms with Crippen molar-refractivity contribution in [1.29, 1.82) is 0 Å². The van der Waals surface area contributed by atoms with E-state index in [0.29, 0.717) is 34.0 Å². The molecule has 0 bridgehead atoms. The second-order valence-electron chi connectivity index (χ2n) is 6.68. The summed E-state index contributed by atoms with van der Waals surface area (Å²) in [7, 11) is 3.26. The summed E-state index contributed by atoms with van der Waals surface area (Å²) in [5, 5.41) is 2.09. The zero-order valence-electron chi connectivity index (χ0n) is 16.5. The van der Waals surface area contributed by atoms with Gasteiger partial charge in [0, 0.05) is 25.6 Å². The zero-order chi connectivity index (χ0) is 22.8. The summed E-state index contributed by atoms with van der Waals surface area (Å²) in [5.74, 6) is 0.410. The van der Waals surface area contributed by atoms with Gasteiger partial charge in [0.05, 0.1) is 12.7 Å². The molecule has 1 unspecified atom stereocenters. The molecule has 31 heavy (non-hydrogen) atoms. The largest absolute Gasteiger partial charge is 0.497 e. The van der Waals surface area contributed by atoms with Gasteiger partial charge in [-0.25, -0.2) is 4.98 Å². The molecule has 0 saturated heterocycles. The van der Waals surface area contributed by atoms with Gasteiger partial charge in [-0.15, -0.1) is 0 Å². The number of ether oxygens (including phenoxy) is 1. The average molecular weight is 455 g/mol. The third kappa shape index (κ3) is 5.08. The van der Waals surface area contributed by atoms with E-state index < -0.39 is 40.8 Å². The maximum absolute atomic E-state index is 13.0. The van der Waals surface area contributed by atoms with Gasteiger partial charge in [0.25, 0.3) is 5.56 Å². The molecule has 2 heterocycles. The van der Waals surface area contributed by atoms with Crippen LogP contribution in [0.5, 0.6) is 5.75 Å². The third-order valence-corrected chi connectivity index (χ3v) is 4.83. The van der Waals surface area contributed by atoms with Gasteiger partial charge in [-0.2, -0.15) is 13.2 Å². The Morgan fingerprint density at radius 1 is 1.29 bits per heavy atom. The number of hydrogen-bond donors (Lipinski definition) is 1. The fourth-order valence-corrected chi connectivity index (χ4v) is 3.21. The lowest BCUT2D eigenvalue weighted by atomic mass is 10.1. The summed E-state index contributed by atoms with van der Waals surface area (Å²) in [6, 6.07) is 6.68. The van der Waals surface area contributed by atoms with Crippen molar-refractivity contribution in [3.8, 4) is 5.75 Å². The van der Waals surface area contributed by atoms with Crippen LogP contribution < -0.4 is 15.6 Å². The number of hydrogen-bond acceptors (Lipinski definition) is 4. The molecule has 0 saturated carbocycles. The minimum absolute atomic E-state index is 0.493.